The van der Waals surface area contributed by atoms with Gasteiger partial charge >= 0.3 is 0 Å². The molecule has 2 aromatic carbocycles. The topological polar surface area (TPSA) is 94.8 Å². The number of phenolic OH excluding ortho intramolecular Hbond substituents is 1. The van der Waals surface area contributed by atoms with E-state index in [-0.39, 0.29) is 23.1 Å². The van der Waals surface area contributed by atoms with Crippen LogP contribution in [-0.4, -0.2) is 69.8 Å². The summed E-state index contributed by atoms with van der Waals surface area (Å²) in [7, 11) is 1.69. The Labute approximate surface area is 183 Å². The monoisotopic (exact) mass is 452 g/mol. The van der Waals surface area contributed by atoms with Crippen molar-refractivity contribution in [2.45, 2.75) is 11.3 Å². The standard InChI is InChI=1S/C20H24N4O4S.ClH/c1-23(2)11-6-12-24(21-14-15-9-10-17(25)18(13-15)28-3)20-16-7-4-5-8-19(16)29(26,27)22-20;/h4-5,7-10,13-14,25H,6,11-12H2,1-3H3;1H. The zero-order valence-electron chi connectivity index (χ0n) is 17.0. The van der Waals surface area contributed by atoms with Crippen LogP contribution in [0.25, 0.3) is 0 Å². The van der Waals surface area contributed by atoms with Crippen LogP contribution in [0, 0.1) is 0 Å². The van der Waals surface area contributed by atoms with Crippen LogP contribution >= 0.6 is 12.4 Å². The lowest BCUT2D eigenvalue weighted by Gasteiger charge is -2.20. The molecule has 3 rings (SSSR count). The van der Waals surface area contributed by atoms with Gasteiger partial charge in [-0.15, -0.1) is 16.8 Å². The highest BCUT2D eigenvalue weighted by Crippen LogP contribution is 2.28. The van der Waals surface area contributed by atoms with Gasteiger partial charge in [-0.25, -0.2) is 5.01 Å². The molecule has 1 heterocycles. The Morgan fingerprint density at radius 3 is 2.60 bits per heavy atom. The average molecular weight is 453 g/mol. The second-order valence-corrected chi connectivity index (χ2v) is 8.41. The number of ether oxygens (including phenoxy) is 1. The molecule has 2 aromatic rings. The first-order valence-corrected chi connectivity index (χ1v) is 10.5. The number of fused-ring (bicyclic) bond motifs is 1. The van der Waals surface area contributed by atoms with Crippen LogP contribution in [-0.2, 0) is 10.0 Å². The highest BCUT2D eigenvalue weighted by molar-refractivity contribution is 7.90. The summed E-state index contributed by atoms with van der Waals surface area (Å²) in [5.74, 6) is 0.674. The minimum absolute atomic E-state index is 0. The largest absolute Gasteiger partial charge is 0.504 e. The van der Waals surface area contributed by atoms with E-state index in [1.54, 1.807) is 47.6 Å². The summed E-state index contributed by atoms with van der Waals surface area (Å²) in [5.41, 5.74) is 1.24. The SMILES string of the molecule is COc1cc(C=NN(CCCN(C)C)C2=NS(=O)(=O)c3ccccc32)ccc1O.Cl. The van der Waals surface area contributed by atoms with Gasteiger partial charge in [-0.3, -0.25) is 0 Å². The molecule has 0 spiro atoms. The van der Waals surface area contributed by atoms with Crippen molar-refractivity contribution in [3.8, 4) is 11.5 Å². The number of rotatable bonds is 7. The van der Waals surface area contributed by atoms with Crippen LogP contribution in [0.4, 0.5) is 0 Å². The van der Waals surface area contributed by atoms with Crippen LogP contribution in [0.5, 0.6) is 11.5 Å². The predicted molar refractivity (Wildman–Crippen MR) is 120 cm³/mol. The van der Waals surface area contributed by atoms with Crippen molar-refractivity contribution in [2.75, 3.05) is 34.3 Å². The molecule has 0 atom stereocenters. The fourth-order valence-corrected chi connectivity index (χ4v) is 4.15. The van der Waals surface area contributed by atoms with Gasteiger partial charge in [-0.05, 0) is 63.0 Å². The van der Waals surface area contributed by atoms with Crippen molar-refractivity contribution >= 4 is 34.5 Å². The van der Waals surface area contributed by atoms with Crippen molar-refractivity contribution in [1.29, 1.82) is 0 Å². The van der Waals surface area contributed by atoms with Crippen LogP contribution in [0.2, 0.25) is 0 Å². The Kier molecular flexibility index (Phi) is 7.83. The lowest BCUT2D eigenvalue weighted by Crippen LogP contribution is -2.29. The molecule has 1 aliphatic rings. The van der Waals surface area contributed by atoms with Crippen molar-refractivity contribution in [2.24, 2.45) is 9.50 Å². The first-order chi connectivity index (χ1) is 13.8. The average Bonchev–Trinajstić information content (AvgIpc) is 2.96. The number of halogens is 1. The Hall–Kier alpha value is -2.62. The molecule has 0 fully saturated rings. The van der Waals surface area contributed by atoms with Crippen molar-refractivity contribution in [3.63, 3.8) is 0 Å². The van der Waals surface area contributed by atoms with E-state index in [2.05, 4.69) is 9.50 Å². The molecule has 10 heteroatoms. The molecule has 0 amide bonds. The van der Waals surface area contributed by atoms with Crippen LogP contribution in [0.15, 0.2) is 56.9 Å². The summed E-state index contributed by atoms with van der Waals surface area (Å²) in [6, 6.07) is 11.6. The number of amidine groups is 1. The van der Waals surface area contributed by atoms with E-state index in [4.69, 9.17) is 4.74 Å². The maximum absolute atomic E-state index is 12.4. The molecule has 1 aliphatic heterocycles. The van der Waals surface area contributed by atoms with Gasteiger partial charge in [0.05, 0.1) is 13.3 Å². The van der Waals surface area contributed by atoms with Gasteiger partial charge in [-0.2, -0.15) is 13.5 Å². The van der Waals surface area contributed by atoms with Gasteiger partial charge < -0.3 is 14.7 Å². The molecule has 30 heavy (non-hydrogen) atoms. The lowest BCUT2D eigenvalue weighted by atomic mass is 10.2. The maximum Gasteiger partial charge on any atom is 0.285 e. The van der Waals surface area contributed by atoms with Crippen molar-refractivity contribution < 1.29 is 18.3 Å². The van der Waals surface area contributed by atoms with Crippen molar-refractivity contribution in [1.82, 2.24) is 9.91 Å². The number of benzene rings is 2. The Morgan fingerprint density at radius 2 is 1.90 bits per heavy atom. The number of hydrogen-bond acceptors (Lipinski definition) is 7. The van der Waals surface area contributed by atoms with E-state index < -0.39 is 10.0 Å². The zero-order valence-corrected chi connectivity index (χ0v) is 18.7. The number of phenols is 1. The maximum atomic E-state index is 12.4. The molecule has 0 saturated heterocycles. The van der Waals surface area contributed by atoms with Gasteiger partial charge in [0.1, 0.15) is 4.90 Å². The molecule has 0 aromatic heterocycles. The molecule has 0 saturated carbocycles. The highest BCUT2D eigenvalue weighted by atomic mass is 35.5. The molecular formula is C20H25ClN4O4S. The number of nitrogens with zero attached hydrogens (tertiary/aromatic N) is 4. The third-order valence-electron chi connectivity index (χ3n) is 4.38. The minimum atomic E-state index is -3.73. The second kappa shape index (κ2) is 9.92. The molecule has 0 radical (unpaired) electrons. The quantitative estimate of drug-likeness (QED) is 0.512. The fourth-order valence-electron chi connectivity index (χ4n) is 2.94. The van der Waals surface area contributed by atoms with Crippen LogP contribution in [0.1, 0.15) is 17.5 Å². The van der Waals surface area contributed by atoms with Gasteiger partial charge in [0.25, 0.3) is 10.0 Å². The third kappa shape index (κ3) is 5.29. The molecular weight excluding hydrogens is 428 g/mol. The minimum Gasteiger partial charge on any atom is -0.504 e. The number of methoxy groups -OCH3 is 1. The smallest absolute Gasteiger partial charge is 0.285 e. The van der Waals surface area contributed by atoms with Crippen LogP contribution < -0.4 is 4.74 Å². The third-order valence-corrected chi connectivity index (χ3v) is 5.71. The number of sulfonamides is 1. The number of hydrogen-bond donors (Lipinski definition) is 1. The zero-order chi connectivity index (χ0) is 21.0. The number of hydrazone groups is 1. The van der Waals surface area contributed by atoms with Gasteiger partial charge in [0, 0.05) is 12.1 Å². The van der Waals surface area contributed by atoms with E-state index in [1.165, 1.54) is 13.2 Å². The van der Waals surface area contributed by atoms with E-state index >= 15 is 0 Å². The predicted octanol–water partition coefficient (Wildman–Crippen LogP) is 2.56. The van der Waals surface area contributed by atoms with Crippen LogP contribution in [0.3, 0.4) is 0 Å². The molecule has 0 aliphatic carbocycles. The Morgan fingerprint density at radius 1 is 1.17 bits per heavy atom. The summed E-state index contributed by atoms with van der Waals surface area (Å²) >= 11 is 0. The first-order valence-electron chi connectivity index (χ1n) is 9.09. The molecule has 0 bridgehead atoms. The van der Waals surface area contributed by atoms with Gasteiger partial charge in [0.15, 0.2) is 17.3 Å². The van der Waals surface area contributed by atoms with E-state index in [0.717, 1.165) is 13.0 Å². The molecule has 0 unspecified atom stereocenters. The van der Waals surface area contributed by atoms with E-state index in [0.29, 0.717) is 29.3 Å². The summed E-state index contributed by atoms with van der Waals surface area (Å²) in [6.45, 7) is 1.31. The summed E-state index contributed by atoms with van der Waals surface area (Å²) < 4.78 is 33.9. The fraction of sp³-hybridized carbons (Fsp3) is 0.300. The van der Waals surface area contributed by atoms with Crippen molar-refractivity contribution in [3.05, 3.63) is 53.6 Å². The number of aromatic hydroxyl groups is 1. The highest BCUT2D eigenvalue weighted by Gasteiger charge is 2.31. The lowest BCUT2D eigenvalue weighted by molar-refractivity contribution is 0.356. The molecule has 162 valence electrons. The summed E-state index contributed by atoms with van der Waals surface area (Å²) in [6.07, 6.45) is 2.36. The Balaban J connectivity index is 0.00000320. The summed E-state index contributed by atoms with van der Waals surface area (Å²) in [5, 5.41) is 15.9. The molecule has 8 nitrogen and oxygen atoms in total. The second-order valence-electron chi connectivity index (χ2n) is 6.84. The van der Waals surface area contributed by atoms with E-state index in [9.17, 15) is 13.5 Å². The Bertz CT molecular complexity index is 1050. The normalized spacial score (nSPS) is 14.3. The molecule has 1 N–H and O–H groups in total. The first kappa shape index (κ1) is 23.7. The van der Waals surface area contributed by atoms with E-state index in [1.807, 2.05) is 19.0 Å². The van der Waals surface area contributed by atoms with Gasteiger partial charge in [-0.1, -0.05) is 12.1 Å². The van der Waals surface area contributed by atoms with Gasteiger partial charge in [0.2, 0.25) is 0 Å². The summed E-state index contributed by atoms with van der Waals surface area (Å²) in [4.78, 5) is 2.24.